The highest BCUT2D eigenvalue weighted by Gasteiger charge is 2.45. The van der Waals surface area contributed by atoms with Gasteiger partial charge in [0, 0.05) is 6.42 Å². The second kappa shape index (κ2) is 6.30. The fourth-order valence-electron chi connectivity index (χ4n) is 2.87. The normalized spacial score (nSPS) is 26.5. The summed E-state index contributed by atoms with van der Waals surface area (Å²) in [6.07, 6.45) is 4.97. The number of thioether (sulfide) groups is 2. The standard InChI is InChI=1S/C14H28O2S2Si/c1-13(15-9-10-16-13)7-5-8-14(19(2,3)4)17-11-6-12-18-14/h5-12H2,1-4H3. The molecule has 2 heterocycles. The van der Waals surface area contributed by atoms with Gasteiger partial charge in [0.1, 0.15) is 0 Å². The summed E-state index contributed by atoms with van der Waals surface area (Å²) < 4.78 is 12.0. The molecular weight excluding hydrogens is 292 g/mol. The topological polar surface area (TPSA) is 18.5 Å². The van der Waals surface area contributed by atoms with Crippen molar-refractivity contribution in [1.29, 1.82) is 0 Å². The molecule has 0 aromatic rings. The molecule has 0 aliphatic carbocycles. The molecule has 0 atom stereocenters. The van der Waals surface area contributed by atoms with Gasteiger partial charge in [0.2, 0.25) is 0 Å². The Morgan fingerprint density at radius 3 is 2.11 bits per heavy atom. The Kier molecular flexibility index (Phi) is 5.38. The van der Waals surface area contributed by atoms with Crippen LogP contribution in [0.5, 0.6) is 0 Å². The smallest absolute Gasteiger partial charge is 0.165 e. The van der Waals surface area contributed by atoms with Crippen molar-refractivity contribution in [3.8, 4) is 0 Å². The summed E-state index contributed by atoms with van der Waals surface area (Å²) in [5, 5.41) is 0. The van der Waals surface area contributed by atoms with E-state index in [0.717, 1.165) is 19.6 Å². The van der Waals surface area contributed by atoms with Crippen LogP contribution in [0, 0.1) is 0 Å². The van der Waals surface area contributed by atoms with Crippen molar-refractivity contribution in [2.24, 2.45) is 0 Å². The molecule has 5 heteroatoms. The van der Waals surface area contributed by atoms with E-state index in [0.29, 0.717) is 3.70 Å². The number of rotatable bonds is 5. The second-order valence-corrected chi connectivity index (χ2v) is 15.9. The first-order valence-corrected chi connectivity index (χ1v) is 12.9. The van der Waals surface area contributed by atoms with Gasteiger partial charge in [0.15, 0.2) is 5.79 Å². The molecule has 2 fully saturated rings. The minimum absolute atomic E-state index is 0.301. The van der Waals surface area contributed by atoms with E-state index in [-0.39, 0.29) is 5.79 Å². The van der Waals surface area contributed by atoms with Crippen LogP contribution in [0.2, 0.25) is 19.6 Å². The van der Waals surface area contributed by atoms with Gasteiger partial charge in [-0.15, -0.1) is 23.5 Å². The minimum atomic E-state index is -1.16. The lowest BCUT2D eigenvalue weighted by molar-refractivity contribution is -0.147. The first-order valence-electron chi connectivity index (χ1n) is 7.43. The number of ether oxygens (including phenoxy) is 2. The summed E-state index contributed by atoms with van der Waals surface area (Å²) in [7, 11) is -1.16. The van der Waals surface area contributed by atoms with Crippen LogP contribution in [-0.2, 0) is 9.47 Å². The van der Waals surface area contributed by atoms with Crippen molar-refractivity contribution in [3.63, 3.8) is 0 Å². The maximum absolute atomic E-state index is 5.72. The predicted octanol–water partition coefficient (Wildman–Crippen LogP) is 4.36. The van der Waals surface area contributed by atoms with E-state index in [4.69, 9.17) is 9.47 Å². The van der Waals surface area contributed by atoms with Crippen LogP contribution in [0.25, 0.3) is 0 Å². The molecule has 0 amide bonds. The lowest BCUT2D eigenvalue weighted by atomic mass is 10.1. The molecular formula is C14H28O2S2Si. The van der Waals surface area contributed by atoms with E-state index in [1.807, 2.05) is 0 Å². The average molecular weight is 321 g/mol. The Morgan fingerprint density at radius 2 is 1.58 bits per heavy atom. The molecule has 0 N–H and O–H groups in total. The lowest BCUT2D eigenvalue weighted by Gasteiger charge is -2.45. The van der Waals surface area contributed by atoms with E-state index in [1.165, 1.54) is 30.8 Å². The van der Waals surface area contributed by atoms with Crippen molar-refractivity contribution in [3.05, 3.63) is 0 Å². The van der Waals surface area contributed by atoms with E-state index in [1.54, 1.807) is 0 Å². The molecule has 0 bridgehead atoms. The summed E-state index contributed by atoms with van der Waals surface area (Å²) in [5.74, 6) is 2.40. The van der Waals surface area contributed by atoms with Gasteiger partial charge in [-0.3, -0.25) is 0 Å². The highest BCUT2D eigenvalue weighted by molar-refractivity contribution is 8.21. The van der Waals surface area contributed by atoms with E-state index in [9.17, 15) is 0 Å². The van der Waals surface area contributed by atoms with Crippen molar-refractivity contribution < 1.29 is 9.47 Å². The zero-order valence-electron chi connectivity index (χ0n) is 12.8. The zero-order chi connectivity index (χ0) is 14.0. The van der Waals surface area contributed by atoms with E-state index >= 15 is 0 Å². The molecule has 19 heavy (non-hydrogen) atoms. The number of hydrogen-bond acceptors (Lipinski definition) is 4. The first-order chi connectivity index (χ1) is 8.87. The molecule has 0 unspecified atom stereocenters. The van der Waals surface area contributed by atoms with Crippen molar-refractivity contribution in [2.45, 2.75) is 61.7 Å². The lowest BCUT2D eigenvalue weighted by Crippen LogP contribution is -2.49. The van der Waals surface area contributed by atoms with Gasteiger partial charge in [0.05, 0.1) is 25.0 Å². The monoisotopic (exact) mass is 320 g/mol. The van der Waals surface area contributed by atoms with E-state index < -0.39 is 8.07 Å². The number of hydrogen-bond donors (Lipinski definition) is 0. The van der Waals surface area contributed by atoms with Crippen LogP contribution in [0.1, 0.15) is 32.6 Å². The van der Waals surface area contributed by atoms with Gasteiger partial charge in [-0.25, -0.2) is 0 Å². The third-order valence-electron chi connectivity index (χ3n) is 4.14. The molecule has 0 saturated carbocycles. The molecule has 112 valence electrons. The van der Waals surface area contributed by atoms with Gasteiger partial charge in [0.25, 0.3) is 0 Å². The first kappa shape index (κ1) is 16.2. The highest BCUT2D eigenvalue weighted by atomic mass is 32.2. The second-order valence-electron chi connectivity index (χ2n) is 6.74. The van der Waals surface area contributed by atoms with Crippen molar-refractivity contribution in [1.82, 2.24) is 0 Å². The third-order valence-corrected chi connectivity index (χ3v) is 14.2. The van der Waals surface area contributed by atoms with Crippen LogP contribution < -0.4 is 0 Å². The maximum Gasteiger partial charge on any atom is 0.165 e. The molecule has 2 nitrogen and oxygen atoms in total. The summed E-state index contributed by atoms with van der Waals surface area (Å²) in [6.45, 7) is 11.2. The zero-order valence-corrected chi connectivity index (χ0v) is 15.4. The summed E-state index contributed by atoms with van der Waals surface area (Å²) in [5.41, 5.74) is 0. The fraction of sp³-hybridized carbons (Fsp3) is 1.00. The Morgan fingerprint density at radius 1 is 1.00 bits per heavy atom. The summed E-state index contributed by atoms with van der Waals surface area (Å²) >= 11 is 4.48. The molecule has 2 aliphatic rings. The van der Waals surface area contributed by atoms with Gasteiger partial charge in [-0.05, 0) is 37.7 Å². The Bertz CT molecular complexity index is 292. The molecule has 2 rings (SSSR count). The van der Waals surface area contributed by atoms with Crippen molar-refractivity contribution in [2.75, 3.05) is 24.7 Å². The Hall–Kier alpha value is 0.837. The van der Waals surface area contributed by atoms with Gasteiger partial charge >= 0.3 is 0 Å². The summed E-state index contributed by atoms with van der Waals surface area (Å²) in [4.78, 5) is 0. The van der Waals surface area contributed by atoms with Gasteiger partial charge < -0.3 is 9.47 Å². The predicted molar refractivity (Wildman–Crippen MR) is 89.8 cm³/mol. The molecule has 0 radical (unpaired) electrons. The highest BCUT2D eigenvalue weighted by Crippen LogP contribution is 2.51. The maximum atomic E-state index is 5.72. The van der Waals surface area contributed by atoms with Crippen molar-refractivity contribution >= 4 is 31.6 Å². The molecule has 2 saturated heterocycles. The summed E-state index contributed by atoms with van der Waals surface area (Å²) in [6, 6.07) is 0. The SMILES string of the molecule is CC1(CCCC2([Si](C)(C)C)SCCCS2)OCCO1. The van der Waals surface area contributed by atoms with Crippen LogP contribution in [-0.4, -0.2) is 42.3 Å². The van der Waals surface area contributed by atoms with E-state index in [2.05, 4.69) is 50.1 Å². The minimum Gasteiger partial charge on any atom is -0.348 e. The van der Waals surface area contributed by atoms with Gasteiger partial charge in [-0.2, -0.15) is 0 Å². The van der Waals surface area contributed by atoms with Gasteiger partial charge in [-0.1, -0.05) is 19.6 Å². The average Bonchev–Trinajstić information content (AvgIpc) is 2.76. The van der Waals surface area contributed by atoms with Crippen LogP contribution >= 0.6 is 23.5 Å². The Balaban J connectivity index is 1.90. The molecule has 0 aromatic heterocycles. The molecule has 0 spiro atoms. The fourth-order valence-corrected chi connectivity index (χ4v) is 10.7. The molecule has 0 aromatic carbocycles. The third kappa shape index (κ3) is 3.94. The van der Waals surface area contributed by atoms with Crippen LogP contribution in [0.4, 0.5) is 0 Å². The molecule has 2 aliphatic heterocycles. The largest absolute Gasteiger partial charge is 0.348 e. The van der Waals surface area contributed by atoms with Crippen LogP contribution in [0.3, 0.4) is 0 Å². The van der Waals surface area contributed by atoms with Crippen LogP contribution in [0.15, 0.2) is 0 Å². The quantitative estimate of drug-likeness (QED) is 0.700. The Labute approximate surface area is 127 Å².